The van der Waals surface area contributed by atoms with E-state index in [4.69, 9.17) is 0 Å². The molecule has 3 aliphatic carbocycles. The second-order valence-electron chi connectivity index (χ2n) is 11.2. The summed E-state index contributed by atoms with van der Waals surface area (Å²) in [6.07, 6.45) is 11.7. The molecule has 3 aliphatic rings. The number of aliphatic hydroxyl groups excluding tert-OH is 2. The second kappa shape index (κ2) is 9.33. The molecule has 6 atom stereocenters. The van der Waals surface area contributed by atoms with Crippen LogP contribution in [0.25, 0.3) is 0 Å². The highest BCUT2D eigenvalue weighted by molar-refractivity contribution is 5.89. The quantitative estimate of drug-likeness (QED) is 0.561. The van der Waals surface area contributed by atoms with E-state index in [0.717, 1.165) is 37.7 Å². The molecular formula is C27H42O4. The Kier molecular flexibility index (Phi) is 7.35. The molecule has 0 radical (unpaired) electrons. The first-order valence-corrected chi connectivity index (χ1v) is 12.1. The summed E-state index contributed by atoms with van der Waals surface area (Å²) in [5, 5.41) is 30.4. The van der Waals surface area contributed by atoms with Crippen molar-refractivity contribution >= 4 is 5.78 Å². The number of carbonyl (C=O) groups excluding carboxylic acids is 1. The van der Waals surface area contributed by atoms with Crippen LogP contribution in [0.15, 0.2) is 35.5 Å². The molecule has 0 unspecified atom stereocenters. The minimum absolute atomic E-state index is 0.183. The van der Waals surface area contributed by atoms with Crippen LogP contribution in [0.2, 0.25) is 0 Å². The van der Waals surface area contributed by atoms with Gasteiger partial charge in [-0.25, -0.2) is 0 Å². The molecule has 0 amide bonds. The van der Waals surface area contributed by atoms with Gasteiger partial charge in [-0.15, -0.1) is 0 Å². The van der Waals surface area contributed by atoms with Gasteiger partial charge in [0.1, 0.15) is 11.7 Å². The van der Waals surface area contributed by atoms with Gasteiger partial charge in [-0.05, 0) is 100 Å². The van der Waals surface area contributed by atoms with Crippen LogP contribution in [0.3, 0.4) is 0 Å². The maximum atomic E-state index is 12.3. The van der Waals surface area contributed by atoms with Crippen LogP contribution in [0.1, 0.15) is 85.5 Å². The van der Waals surface area contributed by atoms with Crippen molar-refractivity contribution in [1.29, 1.82) is 0 Å². The number of hydrogen-bond donors (Lipinski definition) is 3. The summed E-state index contributed by atoms with van der Waals surface area (Å²) < 4.78 is 0. The van der Waals surface area contributed by atoms with Crippen LogP contribution < -0.4 is 0 Å². The molecule has 4 heteroatoms. The minimum atomic E-state index is -1.49. The SMILES string of the molecule is C=C1CC[C@H](O)CC1=C/C=C1\CCC[C@]2(C)[C@@H]([C@H](C)C[C@H](O)C(=O)C(C)(C)O)CC[C@@H]12. The summed E-state index contributed by atoms with van der Waals surface area (Å²) in [7, 11) is 0. The number of hydrogen-bond acceptors (Lipinski definition) is 4. The number of carbonyl (C=O) groups is 1. The number of fused-ring (bicyclic) bond motifs is 1. The molecule has 0 aromatic heterocycles. The van der Waals surface area contributed by atoms with Gasteiger partial charge < -0.3 is 15.3 Å². The molecule has 0 aliphatic heterocycles. The predicted molar refractivity (Wildman–Crippen MR) is 124 cm³/mol. The molecule has 0 spiro atoms. The van der Waals surface area contributed by atoms with Gasteiger partial charge in [-0.3, -0.25) is 4.79 Å². The van der Waals surface area contributed by atoms with Gasteiger partial charge in [-0.1, -0.05) is 43.7 Å². The Labute approximate surface area is 188 Å². The smallest absolute Gasteiger partial charge is 0.192 e. The van der Waals surface area contributed by atoms with Crippen molar-refractivity contribution in [1.82, 2.24) is 0 Å². The van der Waals surface area contributed by atoms with Crippen LogP contribution in [-0.2, 0) is 4.79 Å². The van der Waals surface area contributed by atoms with Crippen molar-refractivity contribution in [3.63, 3.8) is 0 Å². The van der Waals surface area contributed by atoms with Gasteiger partial charge in [0.05, 0.1) is 6.10 Å². The van der Waals surface area contributed by atoms with E-state index in [9.17, 15) is 20.1 Å². The lowest BCUT2D eigenvalue weighted by Crippen LogP contribution is -2.42. The fraction of sp³-hybridized carbons (Fsp3) is 0.741. The second-order valence-corrected chi connectivity index (χ2v) is 11.2. The minimum Gasteiger partial charge on any atom is -0.393 e. The molecule has 31 heavy (non-hydrogen) atoms. The number of ketones is 1. The summed E-state index contributed by atoms with van der Waals surface area (Å²) in [6.45, 7) is 11.6. The fourth-order valence-corrected chi connectivity index (χ4v) is 6.64. The molecule has 3 saturated carbocycles. The highest BCUT2D eigenvalue weighted by atomic mass is 16.3. The molecule has 0 heterocycles. The van der Waals surface area contributed by atoms with Gasteiger partial charge >= 0.3 is 0 Å². The van der Waals surface area contributed by atoms with Crippen molar-refractivity contribution < 1.29 is 20.1 Å². The molecule has 3 rings (SSSR count). The summed E-state index contributed by atoms with van der Waals surface area (Å²) in [5.74, 6) is 0.742. The Bertz CT molecular complexity index is 756. The van der Waals surface area contributed by atoms with Crippen LogP contribution in [0.5, 0.6) is 0 Å². The first kappa shape index (κ1) is 24.4. The third kappa shape index (κ3) is 5.23. The largest absolute Gasteiger partial charge is 0.393 e. The maximum absolute atomic E-state index is 12.3. The molecule has 0 aromatic carbocycles. The summed E-state index contributed by atoms with van der Waals surface area (Å²) in [5.41, 5.74) is 2.55. The standard InChI is InChI=1S/C27H42O4/c1-17-8-11-21(28)16-20(17)10-9-19-7-6-14-27(5)22(12-13-23(19)27)18(2)15-24(29)25(30)26(3,4)31/h9-10,18,21-24,28-29,31H,1,6-8,11-16H2,2-5H3/b19-9+,20-10?/t18-,21+,22-,23+,24+,27-/m1/s1. The van der Waals surface area contributed by atoms with Crippen LogP contribution >= 0.6 is 0 Å². The van der Waals surface area contributed by atoms with Crippen molar-refractivity contribution in [2.45, 2.75) is 103 Å². The van der Waals surface area contributed by atoms with Gasteiger partial charge in [0.15, 0.2) is 5.78 Å². The van der Waals surface area contributed by atoms with E-state index in [0.29, 0.717) is 24.7 Å². The fourth-order valence-electron chi connectivity index (χ4n) is 6.64. The normalized spacial score (nSPS) is 36.5. The van der Waals surface area contributed by atoms with Crippen LogP contribution in [0, 0.1) is 23.2 Å². The number of aliphatic hydroxyl groups is 3. The maximum Gasteiger partial charge on any atom is 0.192 e. The van der Waals surface area contributed by atoms with Crippen LogP contribution in [0.4, 0.5) is 0 Å². The molecule has 4 nitrogen and oxygen atoms in total. The van der Waals surface area contributed by atoms with Gasteiger partial charge in [-0.2, -0.15) is 0 Å². The molecule has 174 valence electrons. The van der Waals surface area contributed by atoms with E-state index in [1.165, 1.54) is 37.8 Å². The van der Waals surface area contributed by atoms with Crippen molar-refractivity contribution in [2.24, 2.45) is 23.2 Å². The Morgan fingerprint density at radius 2 is 1.97 bits per heavy atom. The molecule has 0 bridgehead atoms. The lowest BCUT2D eigenvalue weighted by atomic mass is 9.60. The van der Waals surface area contributed by atoms with E-state index < -0.39 is 17.5 Å². The Balaban J connectivity index is 1.73. The predicted octanol–water partition coefficient (Wildman–Crippen LogP) is 4.88. The highest BCUT2D eigenvalue weighted by Crippen LogP contribution is 2.59. The van der Waals surface area contributed by atoms with E-state index in [1.54, 1.807) is 0 Å². The lowest BCUT2D eigenvalue weighted by Gasteiger charge is -2.44. The Morgan fingerprint density at radius 3 is 2.65 bits per heavy atom. The van der Waals surface area contributed by atoms with Gasteiger partial charge in [0.25, 0.3) is 0 Å². The topological polar surface area (TPSA) is 77.8 Å². The summed E-state index contributed by atoms with van der Waals surface area (Å²) in [4.78, 5) is 12.3. The summed E-state index contributed by atoms with van der Waals surface area (Å²) >= 11 is 0. The van der Waals surface area contributed by atoms with Crippen molar-refractivity contribution in [3.05, 3.63) is 35.5 Å². The van der Waals surface area contributed by atoms with E-state index in [-0.39, 0.29) is 17.4 Å². The molecule has 3 fully saturated rings. The average molecular weight is 431 g/mol. The van der Waals surface area contributed by atoms with E-state index in [2.05, 4.69) is 32.6 Å². The Hall–Kier alpha value is -1.23. The zero-order valence-corrected chi connectivity index (χ0v) is 19.9. The van der Waals surface area contributed by atoms with Crippen molar-refractivity contribution in [3.8, 4) is 0 Å². The summed E-state index contributed by atoms with van der Waals surface area (Å²) in [6, 6.07) is 0. The van der Waals surface area contributed by atoms with Crippen LogP contribution in [-0.4, -0.2) is 38.9 Å². The lowest BCUT2D eigenvalue weighted by molar-refractivity contribution is -0.144. The number of allylic oxidation sites excluding steroid dienone is 4. The number of rotatable bonds is 6. The van der Waals surface area contributed by atoms with E-state index >= 15 is 0 Å². The average Bonchev–Trinajstić information content (AvgIpc) is 3.04. The van der Waals surface area contributed by atoms with Crippen molar-refractivity contribution in [2.75, 3.05) is 0 Å². The first-order chi connectivity index (χ1) is 14.4. The zero-order valence-electron chi connectivity index (χ0n) is 19.9. The monoisotopic (exact) mass is 430 g/mol. The highest BCUT2D eigenvalue weighted by Gasteiger charge is 2.51. The third-order valence-electron chi connectivity index (χ3n) is 8.41. The molecule has 0 saturated heterocycles. The number of Topliss-reactive ketones (excluding diaryl/α,β-unsaturated/α-hetero) is 1. The molecule has 3 N–H and O–H groups in total. The van der Waals surface area contributed by atoms with Gasteiger partial charge in [0, 0.05) is 0 Å². The Morgan fingerprint density at radius 1 is 1.26 bits per heavy atom. The first-order valence-electron chi connectivity index (χ1n) is 12.1. The van der Waals surface area contributed by atoms with E-state index in [1.807, 2.05) is 0 Å². The zero-order chi connectivity index (χ0) is 23.0. The van der Waals surface area contributed by atoms with Gasteiger partial charge in [0.2, 0.25) is 0 Å². The molecule has 0 aromatic rings. The third-order valence-corrected chi connectivity index (χ3v) is 8.41. The molecular weight excluding hydrogens is 388 g/mol.